The minimum absolute atomic E-state index is 0.0321. The van der Waals surface area contributed by atoms with Crippen LogP contribution in [0.4, 0.5) is 0 Å². The number of ketones is 1. The van der Waals surface area contributed by atoms with E-state index < -0.39 is 5.63 Å². The van der Waals surface area contributed by atoms with Crippen LogP contribution in [-0.4, -0.2) is 24.0 Å². The van der Waals surface area contributed by atoms with Gasteiger partial charge in [0.25, 0.3) is 0 Å². The van der Waals surface area contributed by atoms with Crippen LogP contribution in [0.3, 0.4) is 0 Å². The van der Waals surface area contributed by atoms with Crippen LogP contribution in [0, 0.1) is 0 Å². The van der Waals surface area contributed by atoms with E-state index in [2.05, 4.69) is 5.32 Å². The molecule has 128 valence electrons. The Morgan fingerprint density at radius 2 is 1.80 bits per heavy atom. The molecule has 5 heteroatoms. The Kier molecular flexibility index (Phi) is 5.38. The molecule has 0 unspecified atom stereocenters. The summed E-state index contributed by atoms with van der Waals surface area (Å²) in [5, 5.41) is 12.9. The SMILES string of the molecule is O=C(C[C@@H](NCCO)c1ccccc1)c1cc2ccccc2oc1=O. The van der Waals surface area contributed by atoms with Crippen LogP contribution in [0.1, 0.15) is 28.4 Å². The smallest absolute Gasteiger partial charge is 0.347 e. The summed E-state index contributed by atoms with van der Waals surface area (Å²) in [6, 6.07) is 17.9. The Morgan fingerprint density at radius 1 is 1.08 bits per heavy atom. The summed E-state index contributed by atoms with van der Waals surface area (Å²) in [6.45, 7) is 0.328. The number of aliphatic hydroxyl groups excluding tert-OH is 1. The van der Waals surface area contributed by atoms with Crippen molar-refractivity contribution in [1.82, 2.24) is 5.32 Å². The summed E-state index contributed by atoms with van der Waals surface area (Å²) < 4.78 is 5.25. The maximum Gasteiger partial charge on any atom is 0.347 e. The van der Waals surface area contributed by atoms with Crippen molar-refractivity contribution in [2.45, 2.75) is 12.5 Å². The summed E-state index contributed by atoms with van der Waals surface area (Å²) in [6.07, 6.45) is 0.104. The molecule has 3 rings (SSSR count). The lowest BCUT2D eigenvalue weighted by Gasteiger charge is -2.18. The van der Waals surface area contributed by atoms with Crippen molar-refractivity contribution < 1.29 is 14.3 Å². The van der Waals surface area contributed by atoms with Gasteiger partial charge in [-0.3, -0.25) is 4.79 Å². The topological polar surface area (TPSA) is 79.5 Å². The molecule has 2 N–H and O–H groups in total. The molecule has 0 aliphatic rings. The lowest BCUT2D eigenvalue weighted by atomic mass is 9.98. The van der Waals surface area contributed by atoms with Crippen molar-refractivity contribution in [1.29, 1.82) is 0 Å². The number of hydrogen-bond donors (Lipinski definition) is 2. The summed E-state index contributed by atoms with van der Waals surface area (Å²) >= 11 is 0. The molecular formula is C20H19NO4. The molecule has 0 fully saturated rings. The Balaban J connectivity index is 1.88. The van der Waals surface area contributed by atoms with E-state index in [4.69, 9.17) is 9.52 Å². The van der Waals surface area contributed by atoms with Crippen LogP contribution in [-0.2, 0) is 0 Å². The van der Waals surface area contributed by atoms with E-state index in [1.807, 2.05) is 36.4 Å². The first-order valence-electron chi connectivity index (χ1n) is 8.14. The third-order valence-corrected chi connectivity index (χ3v) is 4.04. The fourth-order valence-electron chi connectivity index (χ4n) is 2.78. The minimum Gasteiger partial charge on any atom is -0.422 e. The predicted octanol–water partition coefficient (Wildman–Crippen LogP) is 2.69. The lowest BCUT2D eigenvalue weighted by molar-refractivity contribution is 0.0963. The van der Waals surface area contributed by atoms with Gasteiger partial charge in [-0.05, 0) is 17.7 Å². The van der Waals surface area contributed by atoms with Crippen LogP contribution in [0.25, 0.3) is 11.0 Å². The average molecular weight is 337 g/mol. The Morgan fingerprint density at radius 3 is 2.56 bits per heavy atom. The van der Waals surface area contributed by atoms with Gasteiger partial charge in [-0.25, -0.2) is 4.79 Å². The van der Waals surface area contributed by atoms with Crippen molar-refractivity contribution in [2.24, 2.45) is 0 Å². The second-order valence-corrected chi connectivity index (χ2v) is 5.75. The fourth-order valence-corrected chi connectivity index (χ4v) is 2.78. The third-order valence-electron chi connectivity index (χ3n) is 4.04. The van der Waals surface area contributed by atoms with Gasteiger partial charge in [0.15, 0.2) is 5.78 Å². The van der Waals surface area contributed by atoms with Crippen molar-refractivity contribution in [3.8, 4) is 0 Å². The number of carbonyl (C=O) groups is 1. The van der Waals surface area contributed by atoms with Gasteiger partial charge in [0.05, 0.1) is 6.61 Å². The van der Waals surface area contributed by atoms with Gasteiger partial charge in [-0.1, -0.05) is 48.5 Å². The quantitative estimate of drug-likeness (QED) is 0.512. The van der Waals surface area contributed by atoms with Crippen LogP contribution >= 0.6 is 0 Å². The Hall–Kier alpha value is -2.76. The van der Waals surface area contributed by atoms with E-state index in [-0.39, 0.29) is 30.4 Å². The van der Waals surface area contributed by atoms with Gasteiger partial charge in [0.1, 0.15) is 11.1 Å². The normalized spacial score (nSPS) is 12.2. The molecule has 0 radical (unpaired) electrons. The number of carbonyl (C=O) groups excluding carboxylic acids is 1. The Labute approximate surface area is 144 Å². The van der Waals surface area contributed by atoms with Gasteiger partial charge in [0.2, 0.25) is 0 Å². The number of aliphatic hydroxyl groups is 1. The van der Waals surface area contributed by atoms with E-state index in [1.165, 1.54) is 0 Å². The Bertz CT molecular complexity index is 918. The summed E-state index contributed by atoms with van der Waals surface area (Å²) in [4.78, 5) is 24.9. The number of hydrogen-bond acceptors (Lipinski definition) is 5. The van der Waals surface area contributed by atoms with Crippen molar-refractivity contribution in [2.75, 3.05) is 13.2 Å². The molecule has 1 aromatic heterocycles. The molecule has 0 bridgehead atoms. The molecule has 0 saturated heterocycles. The van der Waals surface area contributed by atoms with Gasteiger partial charge in [-0.15, -0.1) is 0 Å². The molecule has 3 aromatic rings. The molecule has 1 heterocycles. The summed E-state index contributed by atoms with van der Waals surface area (Å²) in [5.74, 6) is -0.293. The van der Waals surface area contributed by atoms with Gasteiger partial charge < -0.3 is 14.8 Å². The number of nitrogens with one attached hydrogen (secondary N) is 1. The molecule has 25 heavy (non-hydrogen) atoms. The average Bonchev–Trinajstić information content (AvgIpc) is 2.65. The highest BCUT2D eigenvalue weighted by molar-refractivity contribution is 5.98. The molecule has 1 atom stereocenters. The fraction of sp³-hybridized carbons (Fsp3) is 0.200. The van der Waals surface area contributed by atoms with Crippen LogP contribution in [0.15, 0.2) is 69.9 Å². The number of benzene rings is 2. The first-order valence-corrected chi connectivity index (χ1v) is 8.14. The van der Waals surface area contributed by atoms with Crippen molar-refractivity contribution in [3.05, 3.63) is 82.2 Å². The molecule has 0 aliphatic heterocycles. The third kappa shape index (κ3) is 4.02. The largest absolute Gasteiger partial charge is 0.422 e. The molecule has 0 aliphatic carbocycles. The maximum absolute atomic E-state index is 12.7. The standard InChI is InChI=1S/C20H19NO4/c22-11-10-21-17(14-6-2-1-3-7-14)13-18(23)16-12-15-8-4-5-9-19(15)25-20(16)24/h1-9,12,17,21-22H,10-11,13H2/t17-/m1/s1. The van der Waals surface area contributed by atoms with Gasteiger partial charge in [-0.2, -0.15) is 0 Å². The maximum atomic E-state index is 12.7. The molecule has 0 saturated carbocycles. The highest BCUT2D eigenvalue weighted by atomic mass is 16.4. The zero-order valence-corrected chi connectivity index (χ0v) is 13.6. The van der Waals surface area contributed by atoms with E-state index in [9.17, 15) is 9.59 Å². The van der Waals surface area contributed by atoms with Crippen molar-refractivity contribution in [3.63, 3.8) is 0 Å². The first kappa shape index (κ1) is 17.1. The highest BCUT2D eigenvalue weighted by Gasteiger charge is 2.20. The highest BCUT2D eigenvalue weighted by Crippen LogP contribution is 2.20. The van der Waals surface area contributed by atoms with E-state index >= 15 is 0 Å². The molecule has 2 aromatic carbocycles. The molecule has 5 nitrogen and oxygen atoms in total. The van der Waals surface area contributed by atoms with Crippen LogP contribution < -0.4 is 10.9 Å². The van der Waals surface area contributed by atoms with Crippen LogP contribution in [0.5, 0.6) is 0 Å². The van der Waals surface area contributed by atoms with Gasteiger partial charge >= 0.3 is 5.63 Å². The predicted molar refractivity (Wildman–Crippen MR) is 95.7 cm³/mol. The second kappa shape index (κ2) is 7.88. The van der Waals surface area contributed by atoms with E-state index in [1.54, 1.807) is 24.3 Å². The number of Topliss-reactive ketones (excluding diaryl/α,β-unsaturated/α-hetero) is 1. The zero-order chi connectivity index (χ0) is 17.6. The van der Waals surface area contributed by atoms with E-state index in [0.717, 1.165) is 5.56 Å². The minimum atomic E-state index is -0.627. The second-order valence-electron chi connectivity index (χ2n) is 5.75. The van der Waals surface area contributed by atoms with Crippen molar-refractivity contribution >= 4 is 16.8 Å². The first-order chi connectivity index (χ1) is 12.2. The zero-order valence-electron chi connectivity index (χ0n) is 13.6. The lowest BCUT2D eigenvalue weighted by Crippen LogP contribution is -2.28. The van der Waals surface area contributed by atoms with Gasteiger partial charge in [0, 0.05) is 24.4 Å². The van der Waals surface area contributed by atoms with E-state index in [0.29, 0.717) is 17.5 Å². The number of fused-ring (bicyclic) bond motifs is 1. The summed E-state index contributed by atoms with van der Waals surface area (Å²) in [7, 11) is 0. The number of rotatable bonds is 7. The molecule has 0 spiro atoms. The molecular weight excluding hydrogens is 318 g/mol. The van der Waals surface area contributed by atoms with Crippen LogP contribution in [0.2, 0.25) is 0 Å². The monoisotopic (exact) mass is 337 g/mol. The number of para-hydroxylation sites is 1. The summed E-state index contributed by atoms with van der Waals surface area (Å²) in [5.41, 5.74) is 0.805. The molecule has 0 amide bonds.